The van der Waals surface area contributed by atoms with Gasteiger partial charge in [-0.2, -0.15) is 0 Å². The number of carbonyl (C=O) groups is 1. The Bertz CT molecular complexity index is 898. The first kappa shape index (κ1) is 20.2. The van der Waals surface area contributed by atoms with Crippen LogP contribution in [0.4, 0.5) is 5.69 Å². The number of anilines is 1. The first-order chi connectivity index (χ1) is 13.5. The molecule has 0 aliphatic carbocycles. The summed E-state index contributed by atoms with van der Waals surface area (Å²) in [5.74, 6) is 0.629. The third-order valence-corrected chi connectivity index (χ3v) is 6.21. The number of rotatable bonds is 7. The topological polar surface area (TPSA) is 72.9 Å². The second kappa shape index (κ2) is 9.10. The van der Waals surface area contributed by atoms with Gasteiger partial charge in [0.25, 0.3) is 0 Å². The van der Waals surface area contributed by atoms with Crippen LogP contribution in [0.2, 0.25) is 0 Å². The van der Waals surface area contributed by atoms with Gasteiger partial charge in [-0.3, -0.25) is 4.79 Å². The molecule has 0 amide bonds. The second-order valence-electron chi connectivity index (χ2n) is 6.70. The number of esters is 1. The summed E-state index contributed by atoms with van der Waals surface area (Å²) in [5.41, 5.74) is 2.68. The van der Waals surface area contributed by atoms with E-state index < -0.39 is 9.84 Å². The Balaban J connectivity index is 1.81. The van der Waals surface area contributed by atoms with Crippen molar-refractivity contribution in [1.82, 2.24) is 0 Å². The van der Waals surface area contributed by atoms with Crippen molar-refractivity contribution in [2.45, 2.75) is 20.0 Å². The molecule has 150 valence electrons. The van der Waals surface area contributed by atoms with Crippen molar-refractivity contribution in [2.24, 2.45) is 0 Å². The average Bonchev–Trinajstić information content (AvgIpc) is 2.68. The van der Waals surface area contributed by atoms with Gasteiger partial charge in [0.05, 0.1) is 30.2 Å². The van der Waals surface area contributed by atoms with Gasteiger partial charge in [-0.05, 0) is 30.2 Å². The molecule has 28 heavy (non-hydrogen) atoms. The fourth-order valence-corrected chi connectivity index (χ4v) is 4.31. The smallest absolute Gasteiger partial charge is 0.310 e. The fraction of sp³-hybridized carbons (Fsp3) is 0.381. The van der Waals surface area contributed by atoms with Crippen LogP contribution in [-0.4, -0.2) is 45.6 Å². The number of ether oxygens (including phenoxy) is 2. The summed E-state index contributed by atoms with van der Waals surface area (Å²) >= 11 is 0. The highest BCUT2D eigenvalue weighted by Crippen LogP contribution is 2.31. The molecule has 1 aliphatic rings. The number of hydrogen-bond acceptors (Lipinski definition) is 6. The highest BCUT2D eigenvalue weighted by atomic mass is 32.2. The average molecular weight is 404 g/mol. The molecule has 0 N–H and O–H groups in total. The van der Waals surface area contributed by atoms with Crippen LogP contribution in [0.25, 0.3) is 0 Å². The van der Waals surface area contributed by atoms with Crippen molar-refractivity contribution >= 4 is 21.5 Å². The van der Waals surface area contributed by atoms with Crippen molar-refractivity contribution in [1.29, 1.82) is 0 Å². The van der Waals surface area contributed by atoms with Crippen LogP contribution in [0.3, 0.4) is 0 Å². The van der Waals surface area contributed by atoms with Crippen LogP contribution in [0.15, 0.2) is 48.5 Å². The van der Waals surface area contributed by atoms with Crippen LogP contribution in [-0.2, 0) is 32.4 Å². The molecule has 0 saturated carbocycles. The minimum atomic E-state index is -2.97. The number of hydrogen-bond donors (Lipinski definition) is 0. The lowest BCUT2D eigenvalue weighted by atomic mass is 10.1. The van der Waals surface area contributed by atoms with E-state index in [2.05, 4.69) is 0 Å². The Kier molecular flexibility index (Phi) is 6.57. The van der Waals surface area contributed by atoms with Crippen LogP contribution in [0, 0.1) is 0 Å². The highest BCUT2D eigenvalue weighted by molar-refractivity contribution is 7.91. The van der Waals surface area contributed by atoms with Gasteiger partial charge in [0.1, 0.15) is 12.4 Å². The van der Waals surface area contributed by atoms with Gasteiger partial charge in [-0.25, -0.2) is 8.42 Å². The maximum atomic E-state index is 11.8. The van der Waals surface area contributed by atoms with Gasteiger partial charge in [-0.15, -0.1) is 0 Å². The van der Waals surface area contributed by atoms with E-state index in [1.807, 2.05) is 53.4 Å². The molecule has 3 rings (SSSR count). The summed E-state index contributed by atoms with van der Waals surface area (Å²) in [6.07, 6.45) is 0.171. The molecule has 0 unspecified atom stereocenters. The van der Waals surface area contributed by atoms with Gasteiger partial charge in [0, 0.05) is 13.1 Å². The molecule has 0 atom stereocenters. The first-order valence-electron chi connectivity index (χ1n) is 9.37. The molecule has 2 aromatic rings. The molecule has 2 aromatic carbocycles. The zero-order valence-electron chi connectivity index (χ0n) is 16.0. The van der Waals surface area contributed by atoms with E-state index in [1.165, 1.54) is 0 Å². The summed E-state index contributed by atoms with van der Waals surface area (Å²) in [4.78, 5) is 13.8. The highest BCUT2D eigenvalue weighted by Gasteiger charge is 2.24. The van der Waals surface area contributed by atoms with Crippen LogP contribution < -0.4 is 9.64 Å². The number of benzene rings is 2. The molecular weight excluding hydrogens is 378 g/mol. The zero-order valence-corrected chi connectivity index (χ0v) is 16.8. The molecule has 0 spiro atoms. The van der Waals surface area contributed by atoms with E-state index in [0.29, 0.717) is 32.1 Å². The normalized spacial score (nSPS) is 15.8. The third-order valence-electron chi connectivity index (χ3n) is 4.60. The number of sulfone groups is 1. The molecule has 0 aromatic heterocycles. The standard InChI is InChI=1S/C21H25NO5S/c1-2-26-21(23)15-18-8-9-19(22-10-12-28(24,25)13-11-22)20(14-18)27-16-17-6-4-3-5-7-17/h3-9,14H,2,10-13,15-16H2,1H3. The van der Waals surface area contributed by atoms with Crippen molar-refractivity contribution in [3.63, 3.8) is 0 Å². The van der Waals surface area contributed by atoms with Crippen LogP contribution in [0.5, 0.6) is 5.75 Å². The number of carbonyl (C=O) groups excluding carboxylic acids is 1. The molecule has 1 saturated heterocycles. The van der Waals surface area contributed by atoms with E-state index >= 15 is 0 Å². The maximum Gasteiger partial charge on any atom is 0.310 e. The zero-order chi connectivity index (χ0) is 20.0. The Morgan fingerprint density at radius 2 is 1.75 bits per heavy atom. The van der Waals surface area contributed by atoms with Crippen molar-refractivity contribution < 1.29 is 22.7 Å². The van der Waals surface area contributed by atoms with E-state index in [9.17, 15) is 13.2 Å². The van der Waals surface area contributed by atoms with Crippen molar-refractivity contribution in [3.8, 4) is 5.75 Å². The van der Waals surface area contributed by atoms with Gasteiger partial charge < -0.3 is 14.4 Å². The molecule has 0 bridgehead atoms. The lowest BCUT2D eigenvalue weighted by Crippen LogP contribution is -2.40. The summed E-state index contributed by atoms with van der Waals surface area (Å²) in [6, 6.07) is 15.4. The van der Waals surface area contributed by atoms with Crippen LogP contribution in [0.1, 0.15) is 18.1 Å². The fourth-order valence-electron chi connectivity index (χ4n) is 3.11. The van der Waals surface area contributed by atoms with E-state index in [0.717, 1.165) is 16.8 Å². The largest absolute Gasteiger partial charge is 0.487 e. The summed E-state index contributed by atoms with van der Waals surface area (Å²) in [7, 11) is -2.97. The molecule has 1 heterocycles. The molecule has 7 heteroatoms. The van der Waals surface area contributed by atoms with Gasteiger partial charge in [-0.1, -0.05) is 36.4 Å². The number of nitrogens with zero attached hydrogens (tertiary/aromatic N) is 1. The molecule has 1 aliphatic heterocycles. The van der Waals surface area contributed by atoms with E-state index in [1.54, 1.807) is 6.92 Å². The minimum Gasteiger partial charge on any atom is -0.487 e. The second-order valence-corrected chi connectivity index (χ2v) is 9.00. The Hall–Kier alpha value is -2.54. The van der Waals surface area contributed by atoms with Crippen LogP contribution >= 0.6 is 0 Å². The quantitative estimate of drug-likeness (QED) is 0.662. The summed E-state index contributed by atoms with van der Waals surface area (Å²) in [6.45, 7) is 3.38. The minimum absolute atomic E-state index is 0.135. The van der Waals surface area contributed by atoms with E-state index in [4.69, 9.17) is 9.47 Å². The molecular formula is C21H25NO5S. The molecule has 0 radical (unpaired) electrons. The monoisotopic (exact) mass is 403 g/mol. The predicted molar refractivity (Wildman–Crippen MR) is 108 cm³/mol. The maximum absolute atomic E-state index is 11.8. The Morgan fingerprint density at radius 1 is 1.04 bits per heavy atom. The summed E-state index contributed by atoms with van der Waals surface area (Å²) in [5, 5.41) is 0. The predicted octanol–water partition coefficient (Wildman–Crippen LogP) is 2.61. The Labute approximate surface area is 166 Å². The lowest BCUT2D eigenvalue weighted by molar-refractivity contribution is -0.142. The molecule has 1 fully saturated rings. The third kappa shape index (κ3) is 5.48. The Morgan fingerprint density at radius 3 is 2.43 bits per heavy atom. The molecule has 6 nitrogen and oxygen atoms in total. The van der Waals surface area contributed by atoms with Gasteiger partial charge in [0.15, 0.2) is 9.84 Å². The first-order valence-corrected chi connectivity index (χ1v) is 11.2. The SMILES string of the molecule is CCOC(=O)Cc1ccc(N2CCS(=O)(=O)CC2)c(OCc2ccccc2)c1. The summed E-state index contributed by atoms with van der Waals surface area (Å²) < 4.78 is 34.6. The van der Waals surface area contributed by atoms with Gasteiger partial charge >= 0.3 is 5.97 Å². The van der Waals surface area contributed by atoms with Crippen molar-refractivity contribution in [2.75, 3.05) is 36.1 Å². The van der Waals surface area contributed by atoms with Crippen molar-refractivity contribution in [3.05, 3.63) is 59.7 Å². The van der Waals surface area contributed by atoms with E-state index in [-0.39, 0.29) is 23.9 Å². The van der Waals surface area contributed by atoms with Gasteiger partial charge in [0.2, 0.25) is 0 Å². The lowest BCUT2D eigenvalue weighted by Gasteiger charge is -2.30.